The molecule has 0 heterocycles. The summed E-state index contributed by atoms with van der Waals surface area (Å²) in [5.41, 5.74) is 5.59. The number of hydrogen-bond donors (Lipinski definition) is 3. The monoisotopic (exact) mass is 238 g/mol. The zero-order valence-corrected chi connectivity index (χ0v) is 9.56. The lowest BCUT2D eigenvalue weighted by atomic mass is 10.1. The van der Waals surface area contributed by atoms with Gasteiger partial charge in [0.2, 0.25) is 0 Å². The first-order valence-corrected chi connectivity index (χ1v) is 4.96. The highest BCUT2D eigenvalue weighted by molar-refractivity contribution is 5.94. The lowest BCUT2D eigenvalue weighted by Crippen LogP contribution is -2.33. The van der Waals surface area contributed by atoms with Crippen molar-refractivity contribution in [3.63, 3.8) is 0 Å². The number of ether oxygens (including phenoxy) is 1. The van der Waals surface area contributed by atoms with Crippen LogP contribution in [-0.4, -0.2) is 30.1 Å². The zero-order chi connectivity index (χ0) is 13.0. The highest BCUT2D eigenvalue weighted by atomic mass is 16.5. The SMILES string of the molecule is CNC(=O)C(C)Oc1ccc(N)c(C(=O)O)c1. The van der Waals surface area contributed by atoms with E-state index in [2.05, 4.69) is 5.32 Å². The van der Waals surface area contributed by atoms with Gasteiger partial charge in [-0.15, -0.1) is 0 Å². The Morgan fingerprint density at radius 2 is 2.12 bits per heavy atom. The van der Waals surface area contributed by atoms with Crippen molar-refractivity contribution < 1.29 is 19.4 Å². The Balaban J connectivity index is 2.90. The summed E-state index contributed by atoms with van der Waals surface area (Å²) in [6.07, 6.45) is -0.703. The quantitative estimate of drug-likeness (QED) is 0.662. The van der Waals surface area contributed by atoms with E-state index >= 15 is 0 Å². The first kappa shape index (κ1) is 12.8. The molecule has 1 aromatic carbocycles. The Morgan fingerprint density at radius 1 is 1.47 bits per heavy atom. The van der Waals surface area contributed by atoms with E-state index in [4.69, 9.17) is 15.6 Å². The van der Waals surface area contributed by atoms with Crippen LogP contribution >= 0.6 is 0 Å². The van der Waals surface area contributed by atoms with Crippen LogP contribution in [0.4, 0.5) is 5.69 Å². The molecule has 1 aromatic rings. The molecule has 1 rings (SSSR count). The van der Waals surface area contributed by atoms with Crippen LogP contribution in [0.15, 0.2) is 18.2 Å². The molecule has 17 heavy (non-hydrogen) atoms. The van der Waals surface area contributed by atoms with Crippen LogP contribution in [0.1, 0.15) is 17.3 Å². The molecule has 0 aromatic heterocycles. The number of carbonyl (C=O) groups is 2. The predicted octanol–water partition coefficient (Wildman–Crippen LogP) is 0.480. The number of nitrogens with two attached hydrogens (primary N) is 1. The van der Waals surface area contributed by atoms with Gasteiger partial charge in [-0.05, 0) is 25.1 Å². The Hall–Kier alpha value is -2.24. The number of amides is 1. The van der Waals surface area contributed by atoms with Gasteiger partial charge in [0.05, 0.1) is 5.56 Å². The molecule has 0 saturated carbocycles. The molecule has 0 bridgehead atoms. The van der Waals surface area contributed by atoms with Crippen molar-refractivity contribution in [2.45, 2.75) is 13.0 Å². The van der Waals surface area contributed by atoms with Gasteiger partial charge in [-0.3, -0.25) is 4.79 Å². The molecule has 1 amide bonds. The van der Waals surface area contributed by atoms with Crippen molar-refractivity contribution in [2.24, 2.45) is 0 Å². The summed E-state index contributed by atoms with van der Waals surface area (Å²) < 4.78 is 5.28. The van der Waals surface area contributed by atoms with Gasteiger partial charge >= 0.3 is 5.97 Å². The Labute approximate surface area is 98.4 Å². The van der Waals surface area contributed by atoms with Crippen molar-refractivity contribution in [1.82, 2.24) is 5.32 Å². The normalized spacial score (nSPS) is 11.6. The molecule has 6 nitrogen and oxygen atoms in total. The minimum absolute atomic E-state index is 0.0494. The molecule has 1 atom stereocenters. The number of carboxylic acids is 1. The fourth-order valence-electron chi connectivity index (χ4n) is 1.25. The van der Waals surface area contributed by atoms with Crippen LogP contribution in [-0.2, 0) is 4.79 Å². The first-order chi connectivity index (χ1) is 7.95. The van der Waals surface area contributed by atoms with Gasteiger partial charge in [0.25, 0.3) is 5.91 Å². The number of carboxylic acid groups (broad SMARTS) is 1. The van der Waals surface area contributed by atoms with Gasteiger partial charge < -0.3 is 20.9 Å². The molecule has 4 N–H and O–H groups in total. The number of nitrogens with one attached hydrogen (secondary N) is 1. The maximum absolute atomic E-state index is 11.2. The number of benzene rings is 1. The lowest BCUT2D eigenvalue weighted by molar-refractivity contribution is -0.126. The van der Waals surface area contributed by atoms with Gasteiger partial charge in [-0.2, -0.15) is 0 Å². The summed E-state index contributed by atoms with van der Waals surface area (Å²) >= 11 is 0. The fraction of sp³-hybridized carbons (Fsp3) is 0.273. The number of nitrogen functional groups attached to an aromatic ring is 1. The van der Waals surface area contributed by atoms with Crippen LogP contribution in [0.3, 0.4) is 0 Å². The summed E-state index contributed by atoms with van der Waals surface area (Å²) in [7, 11) is 1.49. The van der Waals surface area contributed by atoms with Gasteiger partial charge in [-0.25, -0.2) is 4.79 Å². The van der Waals surface area contributed by atoms with Crippen LogP contribution < -0.4 is 15.8 Å². The van der Waals surface area contributed by atoms with E-state index in [-0.39, 0.29) is 22.9 Å². The van der Waals surface area contributed by atoms with Gasteiger partial charge in [0.15, 0.2) is 6.10 Å². The summed E-state index contributed by atoms with van der Waals surface area (Å²) in [6, 6.07) is 4.23. The molecule has 0 aliphatic rings. The molecule has 1 unspecified atom stereocenters. The zero-order valence-electron chi connectivity index (χ0n) is 9.56. The second-order valence-corrected chi connectivity index (χ2v) is 3.43. The van der Waals surface area contributed by atoms with E-state index in [0.29, 0.717) is 0 Å². The third kappa shape index (κ3) is 3.10. The Kier molecular flexibility index (Phi) is 3.92. The van der Waals surface area contributed by atoms with Crippen molar-refractivity contribution in [1.29, 1.82) is 0 Å². The van der Waals surface area contributed by atoms with E-state index in [1.165, 1.54) is 25.2 Å². The standard InChI is InChI=1S/C11H14N2O4/c1-6(10(14)13-2)17-7-3-4-9(12)8(5-7)11(15)16/h3-6H,12H2,1-2H3,(H,13,14)(H,15,16). The second kappa shape index (κ2) is 5.20. The minimum Gasteiger partial charge on any atom is -0.481 e. The highest BCUT2D eigenvalue weighted by Gasteiger charge is 2.14. The van der Waals surface area contributed by atoms with E-state index in [0.717, 1.165) is 0 Å². The lowest BCUT2D eigenvalue weighted by Gasteiger charge is -2.13. The smallest absolute Gasteiger partial charge is 0.337 e. The molecule has 0 saturated heterocycles. The first-order valence-electron chi connectivity index (χ1n) is 4.96. The van der Waals surface area contributed by atoms with Crippen LogP contribution in [0.2, 0.25) is 0 Å². The Morgan fingerprint density at radius 3 is 2.65 bits per heavy atom. The van der Waals surface area contributed by atoms with Crippen LogP contribution in [0.5, 0.6) is 5.75 Å². The number of hydrogen-bond acceptors (Lipinski definition) is 4. The molecule has 0 aliphatic heterocycles. The third-order valence-electron chi connectivity index (χ3n) is 2.18. The number of rotatable bonds is 4. The largest absolute Gasteiger partial charge is 0.481 e. The number of aromatic carboxylic acids is 1. The van der Waals surface area contributed by atoms with Crippen molar-refractivity contribution in [3.8, 4) is 5.75 Å². The minimum atomic E-state index is -1.14. The molecule has 0 radical (unpaired) electrons. The third-order valence-corrected chi connectivity index (χ3v) is 2.18. The van der Waals surface area contributed by atoms with Crippen LogP contribution in [0.25, 0.3) is 0 Å². The maximum atomic E-state index is 11.2. The fourth-order valence-corrected chi connectivity index (χ4v) is 1.25. The number of likely N-dealkylation sites (N-methyl/N-ethyl adjacent to an activating group) is 1. The van der Waals surface area contributed by atoms with E-state index in [9.17, 15) is 9.59 Å². The Bertz CT molecular complexity index is 445. The van der Waals surface area contributed by atoms with Gasteiger partial charge in [-0.1, -0.05) is 0 Å². The number of carbonyl (C=O) groups excluding carboxylic acids is 1. The molecule has 0 spiro atoms. The average Bonchev–Trinajstić information content (AvgIpc) is 2.30. The second-order valence-electron chi connectivity index (χ2n) is 3.43. The summed E-state index contributed by atoms with van der Waals surface area (Å²) in [5.74, 6) is -1.15. The average molecular weight is 238 g/mol. The van der Waals surface area contributed by atoms with E-state index < -0.39 is 12.1 Å². The molecular weight excluding hydrogens is 224 g/mol. The number of anilines is 1. The van der Waals surface area contributed by atoms with Gasteiger partial charge in [0, 0.05) is 12.7 Å². The highest BCUT2D eigenvalue weighted by Crippen LogP contribution is 2.20. The van der Waals surface area contributed by atoms with Crippen LogP contribution in [0, 0.1) is 0 Å². The maximum Gasteiger partial charge on any atom is 0.337 e. The summed E-state index contributed by atoms with van der Waals surface area (Å²) in [4.78, 5) is 22.1. The molecule has 92 valence electrons. The molecule has 0 fully saturated rings. The molecule has 6 heteroatoms. The van der Waals surface area contributed by atoms with Gasteiger partial charge in [0.1, 0.15) is 5.75 Å². The van der Waals surface area contributed by atoms with E-state index in [1.54, 1.807) is 6.92 Å². The van der Waals surface area contributed by atoms with Crippen molar-refractivity contribution in [2.75, 3.05) is 12.8 Å². The molecule has 0 aliphatic carbocycles. The topological polar surface area (TPSA) is 102 Å². The molecular formula is C11H14N2O4. The van der Waals surface area contributed by atoms with Crippen molar-refractivity contribution >= 4 is 17.6 Å². The van der Waals surface area contributed by atoms with E-state index in [1.807, 2.05) is 0 Å². The predicted molar refractivity (Wildman–Crippen MR) is 62.0 cm³/mol. The van der Waals surface area contributed by atoms with Crippen molar-refractivity contribution in [3.05, 3.63) is 23.8 Å². The summed E-state index contributed by atoms with van der Waals surface area (Å²) in [5, 5.41) is 11.3. The summed E-state index contributed by atoms with van der Waals surface area (Å²) in [6.45, 7) is 1.57.